The molecule has 2 rings (SSSR count). The Labute approximate surface area is 127 Å². The van der Waals surface area contributed by atoms with E-state index in [9.17, 15) is 27.2 Å². The zero-order chi connectivity index (χ0) is 17.4. The summed E-state index contributed by atoms with van der Waals surface area (Å²) in [5.41, 5.74) is -2.24. The molecule has 5 nitrogen and oxygen atoms in total. The first kappa shape index (κ1) is 16.8. The monoisotopic (exact) mass is 333 g/mol. The van der Waals surface area contributed by atoms with E-state index in [1.54, 1.807) is 0 Å². The third kappa shape index (κ3) is 3.79. The van der Waals surface area contributed by atoms with Crippen molar-refractivity contribution in [2.75, 3.05) is 5.32 Å². The first-order chi connectivity index (χ1) is 10.5. The molecule has 23 heavy (non-hydrogen) atoms. The van der Waals surface area contributed by atoms with Crippen molar-refractivity contribution in [3.63, 3.8) is 0 Å². The smallest absolute Gasteiger partial charge is 0.416 e. The molecule has 1 heterocycles. The number of carbonyl (C=O) groups excluding carboxylic acids is 2. The summed E-state index contributed by atoms with van der Waals surface area (Å²) in [6.07, 6.45) is -3.93. The topological polar surface area (TPSA) is 64.6 Å². The number of carbonyl (C=O) groups is 2. The second-order valence-electron chi connectivity index (χ2n) is 5.07. The molecule has 0 aliphatic carbocycles. The van der Waals surface area contributed by atoms with Crippen molar-refractivity contribution in [1.82, 2.24) is 0 Å². The molecule has 1 saturated heterocycles. The standard InChI is InChI=1S/C14H11F4NO4/c1-13(2)22-11(20)8(12(21)23-13)6-19-10-5-7(14(16,17)18)3-4-9(10)15/h3-6,19H,1-2H3. The van der Waals surface area contributed by atoms with E-state index in [0.717, 1.165) is 6.20 Å². The fourth-order valence-corrected chi connectivity index (χ4v) is 1.74. The molecule has 1 fully saturated rings. The van der Waals surface area contributed by atoms with Crippen LogP contribution in [0.4, 0.5) is 23.2 Å². The van der Waals surface area contributed by atoms with Crippen LogP contribution >= 0.6 is 0 Å². The highest BCUT2D eigenvalue weighted by molar-refractivity contribution is 6.15. The molecule has 124 valence electrons. The van der Waals surface area contributed by atoms with Gasteiger partial charge in [0.15, 0.2) is 5.57 Å². The summed E-state index contributed by atoms with van der Waals surface area (Å²) >= 11 is 0. The van der Waals surface area contributed by atoms with Crippen LogP contribution in [0.15, 0.2) is 30.0 Å². The van der Waals surface area contributed by atoms with Crippen molar-refractivity contribution >= 4 is 17.6 Å². The zero-order valence-electron chi connectivity index (χ0n) is 12.0. The van der Waals surface area contributed by atoms with Crippen LogP contribution in [0, 0.1) is 5.82 Å². The molecular formula is C14H11F4NO4. The molecule has 1 N–H and O–H groups in total. The van der Waals surface area contributed by atoms with Gasteiger partial charge in [0.05, 0.1) is 11.3 Å². The number of halogens is 4. The van der Waals surface area contributed by atoms with E-state index in [4.69, 9.17) is 9.47 Å². The second-order valence-corrected chi connectivity index (χ2v) is 5.07. The molecule has 0 aromatic heterocycles. The summed E-state index contributed by atoms with van der Waals surface area (Å²) in [4.78, 5) is 23.3. The van der Waals surface area contributed by atoms with Crippen molar-refractivity contribution in [2.45, 2.75) is 25.8 Å². The average Bonchev–Trinajstić information content (AvgIpc) is 2.36. The van der Waals surface area contributed by atoms with Crippen LogP contribution in [0.5, 0.6) is 0 Å². The number of cyclic esters (lactones) is 2. The molecule has 0 saturated carbocycles. The van der Waals surface area contributed by atoms with Crippen molar-refractivity contribution in [3.8, 4) is 0 Å². The maximum absolute atomic E-state index is 13.5. The zero-order valence-corrected chi connectivity index (χ0v) is 12.0. The van der Waals surface area contributed by atoms with Crippen LogP contribution in [0.2, 0.25) is 0 Å². The van der Waals surface area contributed by atoms with E-state index in [0.29, 0.717) is 18.2 Å². The Hall–Kier alpha value is -2.58. The molecular weight excluding hydrogens is 322 g/mol. The first-order valence-corrected chi connectivity index (χ1v) is 6.30. The molecule has 0 bridgehead atoms. The number of hydrogen-bond acceptors (Lipinski definition) is 5. The van der Waals surface area contributed by atoms with Gasteiger partial charge in [0.1, 0.15) is 5.82 Å². The first-order valence-electron chi connectivity index (χ1n) is 6.30. The van der Waals surface area contributed by atoms with Gasteiger partial charge in [0.2, 0.25) is 0 Å². The van der Waals surface area contributed by atoms with Gasteiger partial charge in [-0.05, 0) is 18.2 Å². The Balaban J connectivity index is 2.26. The Kier molecular flexibility index (Phi) is 4.06. The van der Waals surface area contributed by atoms with Gasteiger partial charge in [0.25, 0.3) is 5.79 Å². The van der Waals surface area contributed by atoms with Crippen molar-refractivity contribution in [3.05, 3.63) is 41.4 Å². The van der Waals surface area contributed by atoms with Crippen LogP contribution in [0.1, 0.15) is 19.4 Å². The Bertz CT molecular complexity index is 673. The molecule has 1 aliphatic rings. The van der Waals surface area contributed by atoms with Gasteiger partial charge in [-0.3, -0.25) is 0 Å². The molecule has 1 aromatic carbocycles. The van der Waals surface area contributed by atoms with Crippen molar-refractivity contribution < 1.29 is 36.6 Å². The quantitative estimate of drug-likeness (QED) is 0.390. The van der Waals surface area contributed by atoms with E-state index in [-0.39, 0.29) is 0 Å². The Morgan fingerprint density at radius 2 is 1.70 bits per heavy atom. The van der Waals surface area contributed by atoms with Crippen LogP contribution in [0.25, 0.3) is 0 Å². The van der Waals surface area contributed by atoms with Crippen LogP contribution in [-0.4, -0.2) is 17.7 Å². The number of nitrogens with one attached hydrogen (secondary N) is 1. The molecule has 0 atom stereocenters. The average molecular weight is 333 g/mol. The van der Waals surface area contributed by atoms with E-state index < -0.39 is 46.5 Å². The van der Waals surface area contributed by atoms with E-state index in [1.807, 2.05) is 0 Å². The number of benzene rings is 1. The van der Waals surface area contributed by atoms with Gasteiger partial charge in [-0.25, -0.2) is 14.0 Å². The number of hydrogen-bond donors (Lipinski definition) is 1. The van der Waals surface area contributed by atoms with Gasteiger partial charge >= 0.3 is 18.1 Å². The summed E-state index contributed by atoms with van der Waals surface area (Å²) in [7, 11) is 0. The lowest BCUT2D eigenvalue weighted by molar-refractivity contribution is -0.222. The predicted octanol–water partition coefficient (Wildman–Crippen LogP) is 2.98. The van der Waals surface area contributed by atoms with Gasteiger partial charge in [0, 0.05) is 20.0 Å². The van der Waals surface area contributed by atoms with Gasteiger partial charge in [-0.2, -0.15) is 13.2 Å². The van der Waals surface area contributed by atoms with Crippen LogP contribution in [-0.2, 0) is 25.2 Å². The lowest BCUT2D eigenvalue weighted by Crippen LogP contribution is -2.42. The number of esters is 2. The maximum atomic E-state index is 13.5. The highest BCUT2D eigenvalue weighted by Crippen LogP contribution is 2.32. The number of ether oxygens (including phenoxy) is 2. The maximum Gasteiger partial charge on any atom is 0.416 e. The summed E-state index contributed by atoms with van der Waals surface area (Å²) in [6, 6.07) is 1.69. The van der Waals surface area contributed by atoms with E-state index in [1.165, 1.54) is 13.8 Å². The molecule has 0 unspecified atom stereocenters. The third-order valence-corrected chi connectivity index (χ3v) is 2.78. The normalized spacial score (nSPS) is 17.4. The summed E-state index contributed by atoms with van der Waals surface area (Å²) in [5, 5.41) is 2.14. The fraction of sp³-hybridized carbons (Fsp3) is 0.286. The number of anilines is 1. The predicted molar refractivity (Wildman–Crippen MR) is 69.4 cm³/mol. The van der Waals surface area contributed by atoms with Crippen molar-refractivity contribution in [1.29, 1.82) is 0 Å². The molecule has 0 radical (unpaired) electrons. The Morgan fingerprint density at radius 1 is 1.13 bits per heavy atom. The van der Waals surface area contributed by atoms with Gasteiger partial charge < -0.3 is 14.8 Å². The lowest BCUT2D eigenvalue weighted by atomic mass is 10.2. The minimum atomic E-state index is -4.66. The largest absolute Gasteiger partial charge is 0.419 e. The minimum absolute atomic E-state index is 0.510. The fourth-order valence-electron chi connectivity index (χ4n) is 1.74. The van der Waals surface area contributed by atoms with Crippen molar-refractivity contribution in [2.24, 2.45) is 0 Å². The SMILES string of the molecule is CC1(C)OC(=O)C(=CNc2cc(C(F)(F)F)ccc2F)C(=O)O1. The summed E-state index contributed by atoms with van der Waals surface area (Å²) < 4.78 is 60.9. The third-order valence-electron chi connectivity index (χ3n) is 2.78. The molecule has 0 amide bonds. The highest BCUT2D eigenvalue weighted by atomic mass is 19.4. The van der Waals surface area contributed by atoms with Crippen LogP contribution in [0.3, 0.4) is 0 Å². The molecule has 1 aromatic rings. The van der Waals surface area contributed by atoms with Gasteiger partial charge in [-0.1, -0.05) is 0 Å². The molecule has 0 spiro atoms. The lowest BCUT2D eigenvalue weighted by Gasteiger charge is -2.29. The number of alkyl halides is 3. The van der Waals surface area contributed by atoms with Gasteiger partial charge in [-0.15, -0.1) is 0 Å². The van der Waals surface area contributed by atoms with E-state index in [2.05, 4.69) is 5.32 Å². The minimum Gasteiger partial charge on any atom is -0.419 e. The highest BCUT2D eigenvalue weighted by Gasteiger charge is 2.39. The number of rotatable bonds is 2. The Morgan fingerprint density at radius 3 is 2.22 bits per heavy atom. The molecule has 9 heteroatoms. The van der Waals surface area contributed by atoms with E-state index >= 15 is 0 Å². The molecule has 1 aliphatic heterocycles. The summed E-state index contributed by atoms with van der Waals surface area (Å²) in [6.45, 7) is 2.67. The van der Waals surface area contributed by atoms with Crippen LogP contribution < -0.4 is 5.32 Å². The summed E-state index contributed by atoms with van der Waals surface area (Å²) in [5.74, 6) is -4.52. The second kappa shape index (κ2) is 5.56.